The molecule has 0 spiro atoms. The lowest BCUT2D eigenvalue weighted by atomic mass is 10.0. The summed E-state index contributed by atoms with van der Waals surface area (Å²) in [6, 6.07) is 13.5. The smallest absolute Gasteiger partial charge is 0.270 e. The summed E-state index contributed by atoms with van der Waals surface area (Å²) in [6.45, 7) is 1.28. The zero-order valence-electron chi connectivity index (χ0n) is 17.2. The molecular formula is C23H21N5O3. The van der Waals surface area contributed by atoms with E-state index in [1.165, 1.54) is 0 Å². The minimum absolute atomic E-state index is 0.110. The number of hydrogen-bond donors (Lipinski definition) is 2. The molecule has 2 N–H and O–H groups in total. The molecule has 0 saturated heterocycles. The molecule has 156 valence electrons. The van der Waals surface area contributed by atoms with E-state index in [-0.39, 0.29) is 5.91 Å². The van der Waals surface area contributed by atoms with Gasteiger partial charge in [-0.1, -0.05) is 18.2 Å². The molecule has 8 nitrogen and oxygen atoms in total. The Labute approximate surface area is 178 Å². The maximum Gasteiger partial charge on any atom is 0.270 e. The van der Waals surface area contributed by atoms with Gasteiger partial charge in [0.1, 0.15) is 11.2 Å². The van der Waals surface area contributed by atoms with Crippen molar-refractivity contribution < 1.29 is 14.3 Å². The van der Waals surface area contributed by atoms with Crippen molar-refractivity contribution in [1.82, 2.24) is 19.9 Å². The fraction of sp³-hybridized carbons (Fsp3) is 0.174. The number of methoxy groups -OCH3 is 2. The number of nitrogens with one attached hydrogen (secondary N) is 2. The van der Waals surface area contributed by atoms with Crippen LogP contribution in [0.15, 0.2) is 54.9 Å². The molecule has 0 unspecified atom stereocenters. The van der Waals surface area contributed by atoms with Crippen molar-refractivity contribution in [2.45, 2.75) is 6.54 Å². The fourth-order valence-electron chi connectivity index (χ4n) is 3.89. The number of carbonyl (C=O) groups excluding carboxylic acids is 1. The Hall–Kier alpha value is -4.07. The third-order valence-electron chi connectivity index (χ3n) is 5.32. The molecule has 1 aromatic carbocycles. The largest absolute Gasteiger partial charge is 0.491 e. The van der Waals surface area contributed by atoms with E-state index in [2.05, 4.69) is 20.6 Å². The number of benzene rings is 1. The van der Waals surface area contributed by atoms with Crippen molar-refractivity contribution >= 4 is 28.3 Å². The maximum atomic E-state index is 12.8. The molecule has 1 aliphatic rings. The lowest BCUT2D eigenvalue weighted by Crippen LogP contribution is -2.35. The molecule has 31 heavy (non-hydrogen) atoms. The zero-order valence-corrected chi connectivity index (χ0v) is 17.2. The molecule has 5 rings (SSSR count). The molecule has 4 aromatic rings. The standard InChI is InChI=1S/C23H21N5O3/c1-30-18-12-17-19(27-23(18)31-2)15(8-9-24-17)16-13-28-11-10-25-22(29)21(28)20(16)26-14-6-4-3-5-7-14/h3-9,12-13,26H,10-11H2,1-2H3,(H,25,29). The molecule has 0 aliphatic carbocycles. The first-order valence-electron chi connectivity index (χ1n) is 9.91. The first-order chi connectivity index (χ1) is 15.2. The van der Waals surface area contributed by atoms with Gasteiger partial charge < -0.3 is 24.7 Å². The SMILES string of the molecule is COc1cc2nccc(-c3cn4c(c3Nc3ccccc3)C(=O)NCC4)c2nc1OC. The van der Waals surface area contributed by atoms with Gasteiger partial charge in [-0.05, 0) is 18.2 Å². The Kier molecular flexibility index (Phi) is 4.66. The molecule has 0 atom stereocenters. The quantitative estimate of drug-likeness (QED) is 0.518. The highest BCUT2D eigenvalue weighted by atomic mass is 16.5. The highest BCUT2D eigenvalue weighted by molar-refractivity contribution is 6.06. The second-order valence-electron chi connectivity index (χ2n) is 7.13. The van der Waals surface area contributed by atoms with E-state index in [0.29, 0.717) is 41.4 Å². The number of ether oxygens (including phenoxy) is 2. The topological polar surface area (TPSA) is 90.3 Å². The van der Waals surface area contributed by atoms with Gasteiger partial charge in [0.15, 0.2) is 5.75 Å². The summed E-state index contributed by atoms with van der Waals surface area (Å²) in [7, 11) is 3.12. The van der Waals surface area contributed by atoms with Gasteiger partial charge in [-0.15, -0.1) is 0 Å². The summed E-state index contributed by atoms with van der Waals surface area (Å²) < 4.78 is 12.8. The van der Waals surface area contributed by atoms with Crippen LogP contribution < -0.4 is 20.1 Å². The van der Waals surface area contributed by atoms with E-state index >= 15 is 0 Å². The van der Waals surface area contributed by atoms with E-state index in [1.807, 2.05) is 47.2 Å². The maximum absolute atomic E-state index is 12.8. The van der Waals surface area contributed by atoms with Gasteiger partial charge in [-0.25, -0.2) is 4.98 Å². The van der Waals surface area contributed by atoms with Crippen molar-refractivity contribution in [3.8, 4) is 22.8 Å². The van der Waals surface area contributed by atoms with E-state index in [1.54, 1.807) is 26.5 Å². The second kappa shape index (κ2) is 7.64. The van der Waals surface area contributed by atoms with Crippen LogP contribution in [0.3, 0.4) is 0 Å². The van der Waals surface area contributed by atoms with Crippen LogP contribution in [-0.4, -0.2) is 41.2 Å². The number of rotatable bonds is 5. The van der Waals surface area contributed by atoms with Crippen LogP contribution in [0.5, 0.6) is 11.6 Å². The minimum Gasteiger partial charge on any atom is -0.491 e. The molecule has 1 amide bonds. The molecule has 0 fully saturated rings. The number of fused-ring (bicyclic) bond motifs is 2. The number of anilines is 2. The van der Waals surface area contributed by atoms with Gasteiger partial charge in [0.2, 0.25) is 0 Å². The number of para-hydroxylation sites is 1. The number of carbonyl (C=O) groups is 1. The number of amides is 1. The van der Waals surface area contributed by atoms with Gasteiger partial charge >= 0.3 is 0 Å². The molecule has 3 aromatic heterocycles. The summed E-state index contributed by atoms with van der Waals surface area (Å²) >= 11 is 0. The Bertz CT molecular complexity index is 1280. The first kappa shape index (κ1) is 18.9. The van der Waals surface area contributed by atoms with Crippen molar-refractivity contribution in [1.29, 1.82) is 0 Å². The Morgan fingerprint density at radius 2 is 1.94 bits per heavy atom. The molecule has 0 radical (unpaired) electrons. The minimum atomic E-state index is -0.110. The molecule has 1 aliphatic heterocycles. The first-order valence-corrected chi connectivity index (χ1v) is 9.91. The van der Waals surface area contributed by atoms with Crippen LogP contribution in [0, 0.1) is 0 Å². The van der Waals surface area contributed by atoms with Crippen LogP contribution in [0.2, 0.25) is 0 Å². The van der Waals surface area contributed by atoms with Crippen molar-refractivity contribution in [3.63, 3.8) is 0 Å². The lowest BCUT2D eigenvalue weighted by Gasteiger charge is -2.18. The Morgan fingerprint density at radius 3 is 2.71 bits per heavy atom. The molecule has 8 heteroatoms. The van der Waals surface area contributed by atoms with Crippen LogP contribution >= 0.6 is 0 Å². The van der Waals surface area contributed by atoms with Gasteiger partial charge in [0.05, 0.1) is 25.4 Å². The van der Waals surface area contributed by atoms with Crippen molar-refractivity contribution in [2.75, 3.05) is 26.1 Å². The van der Waals surface area contributed by atoms with Crippen LogP contribution in [0.25, 0.3) is 22.2 Å². The van der Waals surface area contributed by atoms with Crippen LogP contribution in [0.1, 0.15) is 10.5 Å². The Balaban J connectivity index is 1.75. The van der Waals surface area contributed by atoms with Gasteiger partial charge in [-0.2, -0.15) is 0 Å². The van der Waals surface area contributed by atoms with Gasteiger partial charge in [0, 0.05) is 48.4 Å². The third-order valence-corrected chi connectivity index (χ3v) is 5.32. The zero-order chi connectivity index (χ0) is 21.4. The van der Waals surface area contributed by atoms with Gasteiger partial charge in [0.25, 0.3) is 11.8 Å². The highest BCUT2D eigenvalue weighted by Crippen LogP contribution is 2.40. The summed E-state index contributed by atoms with van der Waals surface area (Å²) in [6.07, 6.45) is 3.72. The fourth-order valence-corrected chi connectivity index (χ4v) is 3.89. The van der Waals surface area contributed by atoms with Crippen LogP contribution in [-0.2, 0) is 6.54 Å². The molecule has 0 saturated carbocycles. The predicted octanol–water partition coefficient (Wildman–Crippen LogP) is 3.60. The molecule has 0 bridgehead atoms. The number of aromatic nitrogens is 3. The third kappa shape index (κ3) is 3.22. The van der Waals surface area contributed by atoms with E-state index in [4.69, 9.17) is 9.47 Å². The predicted molar refractivity (Wildman–Crippen MR) is 118 cm³/mol. The Morgan fingerprint density at radius 1 is 1.10 bits per heavy atom. The van der Waals surface area contributed by atoms with E-state index in [0.717, 1.165) is 22.5 Å². The van der Waals surface area contributed by atoms with Crippen molar-refractivity contribution in [3.05, 3.63) is 60.6 Å². The van der Waals surface area contributed by atoms with Crippen molar-refractivity contribution in [2.24, 2.45) is 0 Å². The number of nitrogens with zero attached hydrogens (tertiary/aromatic N) is 3. The second-order valence-corrected chi connectivity index (χ2v) is 7.13. The average molecular weight is 415 g/mol. The summed E-state index contributed by atoms with van der Waals surface area (Å²) in [5.74, 6) is 0.780. The number of pyridine rings is 2. The summed E-state index contributed by atoms with van der Waals surface area (Å²) in [4.78, 5) is 21.9. The molecular weight excluding hydrogens is 394 g/mol. The van der Waals surface area contributed by atoms with E-state index in [9.17, 15) is 4.79 Å². The molecule has 4 heterocycles. The lowest BCUT2D eigenvalue weighted by molar-refractivity contribution is 0.0929. The summed E-state index contributed by atoms with van der Waals surface area (Å²) in [5, 5.41) is 6.38. The highest BCUT2D eigenvalue weighted by Gasteiger charge is 2.27. The number of hydrogen-bond acceptors (Lipinski definition) is 6. The average Bonchev–Trinajstić information content (AvgIpc) is 3.17. The summed E-state index contributed by atoms with van der Waals surface area (Å²) in [5.41, 5.74) is 5.26. The van der Waals surface area contributed by atoms with E-state index < -0.39 is 0 Å². The van der Waals surface area contributed by atoms with Gasteiger partial charge in [-0.3, -0.25) is 9.78 Å². The van der Waals surface area contributed by atoms with Crippen LogP contribution in [0.4, 0.5) is 11.4 Å². The monoisotopic (exact) mass is 415 g/mol. The normalized spacial score (nSPS) is 12.9.